The summed E-state index contributed by atoms with van der Waals surface area (Å²) in [6.45, 7) is 2.51. The SMILES string of the molecule is Cc1cccnc1COc1cnn(C)c1. The Morgan fingerprint density at radius 2 is 2.33 bits per heavy atom. The molecule has 0 aliphatic heterocycles. The van der Waals surface area contributed by atoms with Gasteiger partial charge in [-0.3, -0.25) is 9.67 Å². The van der Waals surface area contributed by atoms with Crippen LogP contribution in [0.4, 0.5) is 0 Å². The van der Waals surface area contributed by atoms with Gasteiger partial charge >= 0.3 is 0 Å². The monoisotopic (exact) mass is 203 g/mol. The number of aromatic nitrogens is 3. The van der Waals surface area contributed by atoms with Crippen LogP contribution in [0.15, 0.2) is 30.7 Å². The van der Waals surface area contributed by atoms with Gasteiger partial charge in [0.25, 0.3) is 0 Å². The number of pyridine rings is 1. The molecule has 0 fully saturated rings. The van der Waals surface area contributed by atoms with Crippen LogP contribution in [0.2, 0.25) is 0 Å². The molecule has 78 valence electrons. The summed E-state index contributed by atoms with van der Waals surface area (Å²) in [6, 6.07) is 3.94. The van der Waals surface area contributed by atoms with Gasteiger partial charge in [-0.1, -0.05) is 6.07 Å². The quantitative estimate of drug-likeness (QED) is 0.762. The molecule has 0 N–H and O–H groups in total. The van der Waals surface area contributed by atoms with Crippen LogP contribution in [-0.2, 0) is 13.7 Å². The number of aryl methyl sites for hydroxylation is 2. The Morgan fingerprint density at radius 1 is 1.47 bits per heavy atom. The van der Waals surface area contributed by atoms with E-state index in [2.05, 4.69) is 10.1 Å². The van der Waals surface area contributed by atoms with Gasteiger partial charge in [0, 0.05) is 13.2 Å². The van der Waals surface area contributed by atoms with Gasteiger partial charge in [-0.15, -0.1) is 0 Å². The van der Waals surface area contributed by atoms with Crippen molar-refractivity contribution in [1.29, 1.82) is 0 Å². The fourth-order valence-electron chi connectivity index (χ4n) is 1.29. The first-order valence-electron chi connectivity index (χ1n) is 4.77. The van der Waals surface area contributed by atoms with Crippen molar-refractivity contribution in [2.75, 3.05) is 0 Å². The number of hydrogen-bond donors (Lipinski definition) is 0. The molecule has 4 heteroatoms. The average Bonchev–Trinajstić information content (AvgIpc) is 2.63. The van der Waals surface area contributed by atoms with Gasteiger partial charge in [0.05, 0.1) is 18.1 Å². The van der Waals surface area contributed by atoms with Crippen LogP contribution in [0.1, 0.15) is 11.3 Å². The lowest BCUT2D eigenvalue weighted by molar-refractivity contribution is 0.300. The van der Waals surface area contributed by atoms with Crippen molar-refractivity contribution in [3.05, 3.63) is 42.0 Å². The Bertz CT molecular complexity index is 451. The summed E-state index contributed by atoms with van der Waals surface area (Å²) < 4.78 is 7.26. The molecule has 0 aliphatic carbocycles. The lowest BCUT2D eigenvalue weighted by Crippen LogP contribution is -1.99. The van der Waals surface area contributed by atoms with E-state index in [1.165, 1.54) is 0 Å². The molecule has 0 saturated carbocycles. The average molecular weight is 203 g/mol. The van der Waals surface area contributed by atoms with E-state index in [1.807, 2.05) is 32.3 Å². The van der Waals surface area contributed by atoms with Crippen molar-refractivity contribution in [2.45, 2.75) is 13.5 Å². The smallest absolute Gasteiger partial charge is 0.157 e. The Morgan fingerprint density at radius 3 is 3.00 bits per heavy atom. The molecule has 0 bridgehead atoms. The van der Waals surface area contributed by atoms with Gasteiger partial charge in [-0.2, -0.15) is 5.10 Å². The molecule has 4 nitrogen and oxygen atoms in total. The number of hydrogen-bond acceptors (Lipinski definition) is 3. The molecule has 15 heavy (non-hydrogen) atoms. The summed E-state index contributed by atoms with van der Waals surface area (Å²) in [7, 11) is 1.86. The van der Waals surface area contributed by atoms with Crippen molar-refractivity contribution in [1.82, 2.24) is 14.8 Å². The van der Waals surface area contributed by atoms with Crippen molar-refractivity contribution in [2.24, 2.45) is 7.05 Å². The lowest BCUT2D eigenvalue weighted by atomic mass is 10.2. The van der Waals surface area contributed by atoms with Crippen molar-refractivity contribution in [3.8, 4) is 5.75 Å². The van der Waals surface area contributed by atoms with Crippen LogP contribution in [0, 0.1) is 6.92 Å². The molecule has 2 rings (SSSR count). The zero-order valence-electron chi connectivity index (χ0n) is 8.84. The first-order valence-corrected chi connectivity index (χ1v) is 4.77. The molecule has 0 aromatic carbocycles. The lowest BCUT2D eigenvalue weighted by Gasteiger charge is -2.04. The van der Waals surface area contributed by atoms with Gasteiger partial charge in [0.15, 0.2) is 5.75 Å². The fraction of sp³-hybridized carbons (Fsp3) is 0.273. The highest BCUT2D eigenvalue weighted by Crippen LogP contribution is 2.11. The maximum atomic E-state index is 5.55. The zero-order chi connectivity index (χ0) is 10.7. The predicted octanol–water partition coefficient (Wildman–Crippen LogP) is 1.70. The Hall–Kier alpha value is -1.84. The van der Waals surface area contributed by atoms with Crippen LogP contribution in [0.3, 0.4) is 0 Å². The topological polar surface area (TPSA) is 39.9 Å². The standard InChI is InChI=1S/C11H13N3O/c1-9-4-3-5-12-11(9)8-15-10-6-13-14(2)7-10/h3-7H,8H2,1-2H3. The minimum Gasteiger partial charge on any atom is -0.484 e. The molecule has 2 aromatic rings. The first kappa shape index (κ1) is 9.71. The van der Waals surface area contributed by atoms with E-state index in [9.17, 15) is 0 Å². The minimum atomic E-state index is 0.484. The molecule has 0 atom stereocenters. The normalized spacial score (nSPS) is 10.3. The third kappa shape index (κ3) is 2.34. The first-order chi connectivity index (χ1) is 7.25. The van der Waals surface area contributed by atoms with Crippen LogP contribution < -0.4 is 4.74 Å². The van der Waals surface area contributed by atoms with Gasteiger partial charge < -0.3 is 4.74 Å². The van der Waals surface area contributed by atoms with Crippen molar-refractivity contribution >= 4 is 0 Å². The summed E-state index contributed by atoms with van der Waals surface area (Å²) >= 11 is 0. The van der Waals surface area contributed by atoms with Crippen molar-refractivity contribution in [3.63, 3.8) is 0 Å². The van der Waals surface area contributed by atoms with Crippen LogP contribution >= 0.6 is 0 Å². The molecular formula is C11H13N3O. The summed E-state index contributed by atoms with van der Waals surface area (Å²) in [6.07, 6.45) is 5.30. The van der Waals surface area contributed by atoms with Gasteiger partial charge in [-0.05, 0) is 18.6 Å². The van der Waals surface area contributed by atoms with E-state index in [-0.39, 0.29) is 0 Å². The maximum Gasteiger partial charge on any atom is 0.157 e. The van der Waals surface area contributed by atoms with E-state index in [4.69, 9.17) is 4.74 Å². The van der Waals surface area contributed by atoms with E-state index in [0.717, 1.165) is 17.0 Å². The molecule has 0 unspecified atom stereocenters. The highest BCUT2D eigenvalue weighted by atomic mass is 16.5. The number of ether oxygens (including phenoxy) is 1. The molecule has 2 heterocycles. The molecule has 0 radical (unpaired) electrons. The highest BCUT2D eigenvalue weighted by molar-refractivity contribution is 5.18. The second kappa shape index (κ2) is 4.13. The molecule has 2 aromatic heterocycles. The largest absolute Gasteiger partial charge is 0.484 e. The van der Waals surface area contributed by atoms with E-state index >= 15 is 0 Å². The van der Waals surface area contributed by atoms with Crippen LogP contribution in [0.5, 0.6) is 5.75 Å². The van der Waals surface area contributed by atoms with E-state index in [1.54, 1.807) is 17.1 Å². The maximum absolute atomic E-state index is 5.55. The predicted molar refractivity (Wildman–Crippen MR) is 56.5 cm³/mol. The summed E-state index contributed by atoms with van der Waals surface area (Å²) in [4.78, 5) is 4.25. The Labute approximate surface area is 88.5 Å². The third-order valence-corrected chi connectivity index (χ3v) is 2.17. The molecule has 0 aliphatic rings. The second-order valence-corrected chi connectivity index (χ2v) is 3.41. The molecule has 0 amide bonds. The fourth-order valence-corrected chi connectivity index (χ4v) is 1.29. The summed E-state index contributed by atoms with van der Waals surface area (Å²) in [5.74, 6) is 0.766. The van der Waals surface area contributed by atoms with Gasteiger partial charge in [0.2, 0.25) is 0 Å². The Kier molecular flexibility index (Phi) is 2.67. The van der Waals surface area contributed by atoms with Gasteiger partial charge in [-0.25, -0.2) is 0 Å². The Balaban J connectivity index is 2.02. The van der Waals surface area contributed by atoms with Crippen LogP contribution in [0.25, 0.3) is 0 Å². The summed E-state index contributed by atoms with van der Waals surface area (Å²) in [5.41, 5.74) is 2.10. The van der Waals surface area contributed by atoms with Crippen molar-refractivity contribution < 1.29 is 4.74 Å². The highest BCUT2D eigenvalue weighted by Gasteiger charge is 2.01. The molecule has 0 saturated heterocycles. The zero-order valence-corrected chi connectivity index (χ0v) is 8.84. The molecular weight excluding hydrogens is 190 g/mol. The van der Waals surface area contributed by atoms with E-state index < -0.39 is 0 Å². The van der Waals surface area contributed by atoms with E-state index in [0.29, 0.717) is 6.61 Å². The third-order valence-electron chi connectivity index (χ3n) is 2.17. The second-order valence-electron chi connectivity index (χ2n) is 3.41. The number of rotatable bonds is 3. The van der Waals surface area contributed by atoms with Crippen LogP contribution in [-0.4, -0.2) is 14.8 Å². The minimum absolute atomic E-state index is 0.484. The number of nitrogens with zero attached hydrogens (tertiary/aromatic N) is 3. The summed E-state index contributed by atoms with van der Waals surface area (Å²) in [5, 5.41) is 4.02. The van der Waals surface area contributed by atoms with Gasteiger partial charge in [0.1, 0.15) is 6.61 Å². The molecule has 0 spiro atoms.